The van der Waals surface area contributed by atoms with Crippen molar-refractivity contribution in [3.63, 3.8) is 0 Å². The van der Waals surface area contributed by atoms with Gasteiger partial charge < -0.3 is 24.8 Å². The number of aromatic nitrogens is 3. The summed E-state index contributed by atoms with van der Waals surface area (Å²) in [4.78, 5) is 45.6. The Kier molecular flexibility index (Phi) is 6.71. The first-order valence-corrected chi connectivity index (χ1v) is 12.4. The molecule has 4 rings (SSSR count). The van der Waals surface area contributed by atoms with Crippen molar-refractivity contribution in [3.05, 3.63) is 35.8 Å². The molecule has 196 valence electrons. The summed E-state index contributed by atoms with van der Waals surface area (Å²) < 4.78 is 5.63. The first-order valence-electron chi connectivity index (χ1n) is 12.4. The maximum absolute atomic E-state index is 13.3. The number of nitrogens with zero attached hydrogens (tertiary/aromatic N) is 7. The molecule has 0 spiro atoms. The number of rotatable bonds is 3. The molecule has 1 saturated heterocycles. The van der Waals surface area contributed by atoms with Gasteiger partial charge in [0, 0.05) is 45.0 Å². The van der Waals surface area contributed by atoms with Crippen LogP contribution < -0.4 is 15.1 Å². The van der Waals surface area contributed by atoms with E-state index in [1.54, 1.807) is 30.3 Å². The van der Waals surface area contributed by atoms with Gasteiger partial charge in [0.2, 0.25) is 5.91 Å². The van der Waals surface area contributed by atoms with E-state index in [0.717, 1.165) is 0 Å². The second-order valence-electron chi connectivity index (χ2n) is 10.9. The predicted octanol–water partition coefficient (Wildman–Crippen LogP) is 2.73. The average Bonchev–Trinajstić information content (AvgIpc) is 3.17. The maximum Gasteiger partial charge on any atom is 0.410 e. The van der Waals surface area contributed by atoms with Gasteiger partial charge in [0.05, 0.1) is 22.6 Å². The summed E-state index contributed by atoms with van der Waals surface area (Å²) in [6.45, 7) is 12.7. The van der Waals surface area contributed by atoms with Gasteiger partial charge >= 0.3 is 6.09 Å². The highest BCUT2D eigenvalue weighted by Gasteiger charge is 2.50. The van der Waals surface area contributed by atoms with E-state index in [1.165, 1.54) is 6.33 Å². The Morgan fingerprint density at radius 1 is 1.16 bits per heavy atom. The molecule has 37 heavy (non-hydrogen) atoms. The molecule has 1 N–H and O–H groups in total. The number of amides is 2. The van der Waals surface area contributed by atoms with E-state index in [0.29, 0.717) is 41.7 Å². The molecule has 2 aliphatic rings. The summed E-state index contributed by atoms with van der Waals surface area (Å²) in [6, 6.07) is 5.23. The lowest BCUT2D eigenvalue weighted by molar-refractivity contribution is -0.125. The summed E-state index contributed by atoms with van der Waals surface area (Å²) in [5.41, 5.74) is -0.394. The number of nitrogens with one attached hydrogen (secondary N) is 1. The van der Waals surface area contributed by atoms with Crippen LogP contribution >= 0.6 is 0 Å². The molecule has 4 heterocycles. The third kappa shape index (κ3) is 4.75. The van der Waals surface area contributed by atoms with Crippen LogP contribution in [0.3, 0.4) is 0 Å². The van der Waals surface area contributed by atoms with Crippen LogP contribution in [0.15, 0.2) is 24.7 Å². The van der Waals surface area contributed by atoms with Gasteiger partial charge in [-0.25, -0.2) is 19.7 Å². The Bertz CT molecular complexity index is 1250. The molecule has 0 aliphatic carbocycles. The first kappa shape index (κ1) is 26.1. The lowest BCUT2D eigenvalue weighted by Crippen LogP contribution is -2.59. The highest BCUT2D eigenvalue weighted by atomic mass is 16.6. The Balaban J connectivity index is 1.75. The normalized spacial score (nSPS) is 23.4. The van der Waals surface area contributed by atoms with Crippen LogP contribution in [0.4, 0.5) is 22.2 Å². The molecule has 11 nitrogen and oxygen atoms in total. The second-order valence-corrected chi connectivity index (χ2v) is 10.9. The SMILES string of the molecule is CNC(=O)C1(C)CN(c2cc(C#N)ccn2)c2ncnc(N3C[C@@H](C)N(C(=O)OC(C)(C)C)C[C@@H]3C)c21. The molecule has 0 aromatic carbocycles. The van der Waals surface area contributed by atoms with Crippen LogP contribution in [0.2, 0.25) is 0 Å². The largest absolute Gasteiger partial charge is 0.444 e. The summed E-state index contributed by atoms with van der Waals surface area (Å²) in [5.74, 6) is 1.59. The summed E-state index contributed by atoms with van der Waals surface area (Å²) in [5, 5.41) is 12.2. The number of ether oxygens (including phenoxy) is 1. The van der Waals surface area contributed by atoms with Crippen LogP contribution in [0.5, 0.6) is 0 Å². The zero-order valence-electron chi connectivity index (χ0n) is 22.4. The van der Waals surface area contributed by atoms with Crippen LogP contribution in [0.1, 0.15) is 52.7 Å². The number of piperazine rings is 1. The van der Waals surface area contributed by atoms with Gasteiger partial charge in [0.15, 0.2) is 0 Å². The Morgan fingerprint density at radius 3 is 2.51 bits per heavy atom. The zero-order chi connectivity index (χ0) is 27.1. The fourth-order valence-electron chi connectivity index (χ4n) is 5.04. The van der Waals surface area contributed by atoms with Gasteiger partial charge in [-0.05, 0) is 53.7 Å². The molecular formula is C26H34N8O3. The van der Waals surface area contributed by atoms with Crippen molar-refractivity contribution in [2.45, 2.75) is 64.6 Å². The van der Waals surface area contributed by atoms with Crippen molar-refractivity contribution >= 4 is 29.5 Å². The van der Waals surface area contributed by atoms with Crippen molar-refractivity contribution in [2.24, 2.45) is 0 Å². The fraction of sp³-hybridized carbons (Fsp3) is 0.538. The number of fused-ring (bicyclic) bond motifs is 1. The first-order chi connectivity index (χ1) is 17.4. The second kappa shape index (κ2) is 9.50. The van der Waals surface area contributed by atoms with Gasteiger partial charge in [0.25, 0.3) is 0 Å². The number of nitriles is 1. The minimum Gasteiger partial charge on any atom is -0.444 e. The van der Waals surface area contributed by atoms with Gasteiger partial charge in [-0.2, -0.15) is 5.26 Å². The molecule has 0 radical (unpaired) electrons. The molecule has 1 unspecified atom stereocenters. The Morgan fingerprint density at radius 2 is 1.86 bits per heavy atom. The van der Waals surface area contributed by atoms with Crippen molar-refractivity contribution in [2.75, 3.05) is 36.5 Å². The fourth-order valence-corrected chi connectivity index (χ4v) is 5.04. The van der Waals surface area contributed by atoms with Gasteiger partial charge in [-0.3, -0.25) is 4.79 Å². The molecule has 3 atom stereocenters. The number of carbonyl (C=O) groups excluding carboxylic acids is 2. The molecule has 1 fully saturated rings. The molecule has 2 aliphatic heterocycles. The summed E-state index contributed by atoms with van der Waals surface area (Å²) in [7, 11) is 1.61. The maximum atomic E-state index is 13.3. The van der Waals surface area contributed by atoms with E-state index < -0.39 is 11.0 Å². The number of anilines is 3. The standard InChI is InChI=1S/C26H34N8O3/c1-16-13-33(24(36)37-25(3,4)5)17(2)12-32(16)21-20-22(31-15-30-21)34(14-26(20,6)23(35)28-7)19-10-18(11-27)8-9-29-19/h8-10,15-17H,12-14H2,1-7H3,(H,28,35)/t16-,17+,26?/m0/s1. The van der Waals surface area contributed by atoms with Crippen LogP contribution in [0.25, 0.3) is 0 Å². The third-order valence-corrected chi connectivity index (χ3v) is 6.85. The third-order valence-electron chi connectivity index (χ3n) is 6.85. The van der Waals surface area contributed by atoms with Crippen molar-refractivity contribution < 1.29 is 14.3 Å². The van der Waals surface area contributed by atoms with Crippen molar-refractivity contribution in [1.82, 2.24) is 25.2 Å². The Labute approximate surface area is 217 Å². The smallest absolute Gasteiger partial charge is 0.410 e. The van der Waals surface area contributed by atoms with Crippen LogP contribution in [-0.2, 0) is 14.9 Å². The molecular weight excluding hydrogens is 472 g/mol. The lowest BCUT2D eigenvalue weighted by atomic mass is 9.83. The van der Waals surface area contributed by atoms with E-state index in [2.05, 4.69) is 31.2 Å². The summed E-state index contributed by atoms with van der Waals surface area (Å²) >= 11 is 0. The average molecular weight is 507 g/mol. The number of likely N-dealkylation sites (N-methyl/N-ethyl adjacent to an activating group) is 1. The lowest BCUT2D eigenvalue weighted by Gasteiger charge is -2.45. The van der Waals surface area contributed by atoms with Gasteiger partial charge in [-0.15, -0.1) is 0 Å². The minimum atomic E-state index is -0.976. The van der Waals surface area contributed by atoms with E-state index in [1.807, 2.05) is 46.4 Å². The Hall–Kier alpha value is -3.94. The quantitative estimate of drug-likeness (QED) is 0.668. The van der Waals surface area contributed by atoms with Crippen LogP contribution in [-0.4, -0.2) is 76.2 Å². The molecule has 0 saturated carbocycles. The minimum absolute atomic E-state index is 0.0919. The van der Waals surface area contributed by atoms with Crippen LogP contribution in [0, 0.1) is 11.3 Å². The molecule has 2 amide bonds. The molecule has 0 bridgehead atoms. The summed E-state index contributed by atoms with van der Waals surface area (Å²) in [6.07, 6.45) is 2.72. The highest BCUT2D eigenvalue weighted by Crippen LogP contribution is 2.47. The number of hydrogen-bond acceptors (Lipinski definition) is 9. The predicted molar refractivity (Wildman–Crippen MR) is 139 cm³/mol. The monoisotopic (exact) mass is 506 g/mol. The van der Waals surface area contributed by atoms with E-state index >= 15 is 0 Å². The van der Waals surface area contributed by atoms with E-state index in [9.17, 15) is 14.9 Å². The number of pyridine rings is 1. The van der Waals surface area contributed by atoms with Gasteiger partial charge in [-0.1, -0.05) is 0 Å². The molecule has 2 aromatic rings. The topological polar surface area (TPSA) is 128 Å². The van der Waals surface area contributed by atoms with Gasteiger partial charge in [0.1, 0.15) is 29.4 Å². The van der Waals surface area contributed by atoms with Crippen molar-refractivity contribution in [3.8, 4) is 6.07 Å². The highest BCUT2D eigenvalue weighted by molar-refractivity contribution is 5.95. The molecule has 2 aromatic heterocycles. The zero-order valence-corrected chi connectivity index (χ0v) is 22.4. The van der Waals surface area contributed by atoms with Crippen molar-refractivity contribution in [1.29, 1.82) is 5.26 Å². The molecule has 11 heteroatoms. The van der Waals surface area contributed by atoms with E-state index in [-0.39, 0.29) is 30.6 Å². The number of carbonyl (C=O) groups is 2. The van der Waals surface area contributed by atoms with E-state index in [4.69, 9.17) is 4.74 Å². The number of hydrogen-bond donors (Lipinski definition) is 1.